The van der Waals surface area contributed by atoms with E-state index < -0.39 is 6.10 Å². The maximum Gasteiger partial charge on any atom is 0.252 e. The third kappa shape index (κ3) is 4.89. The topological polar surface area (TPSA) is 115 Å². The van der Waals surface area contributed by atoms with Gasteiger partial charge in [-0.05, 0) is 43.5 Å². The van der Waals surface area contributed by atoms with Gasteiger partial charge in [0.2, 0.25) is 5.88 Å². The van der Waals surface area contributed by atoms with Gasteiger partial charge >= 0.3 is 0 Å². The number of hydrogen-bond donors (Lipinski definition) is 2. The lowest BCUT2D eigenvalue weighted by molar-refractivity contribution is 0.0384. The Balaban J connectivity index is 1.17. The number of rotatable bonds is 7. The minimum atomic E-state index is -0.501. The molecule has 10 nitrogen and oxygen atoms in total. The smallest absolute Gasteiger partial charge is 0.252 e. The molecule has 34 heavy (non-hydrogen) atoms. The first-order valence-electron chi connectivity index (χ1n) is 11.8. The zero-order chi connectivity index (χ0) is 23.5. The van der Waals surface area contributed by atoms with Crippen LogP contribution in [0.15, 0.2) is 35.4 Å². The molecule has 0 radical (unpaired) electrons. The molecule has 3 aromatic heterocycles. The summed E-state index contributed by atoms with van der Waals surface area (Å²) < 4.78 is 12.4. The number of hydrogen-bond acceptors (Lipinski definition) is 9. The number of aromatic nitrogens is 4. The van der Waals surface area contributed by atoms with Gasteiger partial charge in [-0.3, -0.25) is 19.2 Å². The van der Waals surface area contributed by atoms with Gasteiger partial charge in [-0.25, -0.2) is 4.98 Å². The lowest BCUT2D eigenvalue weighted by atomic mass is 10.0. The number of likely N-dealkylation sites (tertiary alicyclic amines) is 1. The summed E-state index contributed by atoms with van der Waals surface area (Å²) in [6.07, 6.45) is 5.71. The van der Waals surface area contributed by atoms with Crippen LogP contribution in [0.3, 0.4) is 0 Å². The molecule has 0 spiro atoms. The molecule has 0 unspecified atom stereocenters. The third-order valence-corrected chi connectivity index (χ3v) is 6.58. The molecule has 10 heteroatoms. The molecule has 1 fully saturated rings. The van der Waals surface area contributed by atoms with Crippen LogP contribution in [0.5, 0.6) is 11.6 Å². The largest absolute Gasteiger partial charge is 0.492 e. The van der Waals surface area contributed by atoms with E-state index in [0.29, 0.717) is 43.2 Å². The summed E-state index contributed by atoms with van der Waals surface area (Å²) in [7, 11) is 1.52. The SMILES string of the molecule is COc1cnc2ccc(=O)n(CCN3CC[C@H](NCc4cc5c(cn4)OCCC5)[C@H](O)C3)c2n1. The molecule has 2 aliphatic heterocycles. The second-order valence-corrected chi connectivity index (χ2v) is 8.82. The highest BCUT2D eigenvalue weighted by Gasteiger charge is 2.27. The van der Waals surface area contributed by atoms with E-state index in [2.05, 4.69) is 31.2 Å². The van der Waals surface area contributed by atoms with Gasteiger partial charge < -0.3 is 19.9 Å². The standard InChI is InChI=1S/C24H30N6O4/c1-33-22-14-27-19-4-5-23(32)30(24(19)28-22)9-8-29-7-6-18(20(31)15-29)26-12-17-11-16-3-2-10-34-21(16)13-25-17/h4-5,11,13-14,18,20,26,31H,2-3,6-10,12,15H2,1H3/t18-,20+/m0/s1. The van der Waals surface area contributed by atoms with Crippen LogP contribution in [0.2, 0.25) is 0 Å². The molecule has 2 N–H and O–H groups in total. The van der Waals surface area contributed by atoms with Crippen LogP contribution in [0.1, 0.15) is 24.1 Å². The number of methoxy groups -OCH3 is 1. The quantitative estimate of drug-likeness (QED) is 0.520. The summed E-state index contributed by atoms with van der Waals surface area (Å²) in [5, 5.41) is 14.2. The van der Waals surface area contributed by atoms with E-state index in [1.54, 1.807) is 23.0 Å². The van der Waals surface area contributed by atoms with E-state index in [1.807, 2.05) is 0 Å². The average Bonchev–Trinajstić information content (AvgIpc) is 2.87. The zero-order valence-electron chi connectivity index (χ0n) is 19.3. The number of fused-ring (bicyclic) bond motifs is 2. The van der Waals surface area contributed by atoms with Gasteiger partial charge in [0.25, 0.3) is 5.56 Å². The van der Waals surface area contributed by atoms with Crippen molar-refractivity contribution >= 4 is 11.2 Å². The van der Waals surface area contributed by atoms with Crippen LogP contribution in [-0.2, 0) is 19.5 Å². The van der Waals surface area contributed by atoms with E-state index in [9.17, 15) is 9.90 Å². The Bertz CT molecular complexity index is 1220. The predicted octanol–water partition coefficient (Wildman–Crippen LogP) is 0.745. The van der Waals surface area contributed by atoms with Crippen molar-refractivity contribution in [1.82, 2.24) is 29.7 Å². The monoisotopic (exact) mass is 466 g/mol. The Kier molecular flexibility index (Phi) is 6.70. The van der Waals surface area contributed by atoms with Crippen LogP contribution in [0.4, 0.5) is 0 Å². The summed E-state index contributed by atoms with van der Waals surface area (Å²) in [6, 6.07) is 5.28. The normalized spacial score (nSPS) is 20.6. The Morgan fingerprint density at radius 2 is 2.18 bits per heavy atom. The number of piperidine rings is 1. The number of aliphatic hydroxyl groups is 1. The molecule has 0 saturated carbocycles. The highest BCUT2D eigenvalue weighted by molar-refractivity contribution is 5.70. The maximum atomic E-state index is 12.5. The van der Waals surface area contributed by atoms with Crippen LogP contribution < -0.4 is 20.3 Å². The maximum absolute atomic E-state index is 12.5. The van der Waals surface area contributed by atoms with Gasteiger partial charge in [0.1, 0.15) is 11.3 Å². The summed E-state index contributed by atoms with van der Waals surface area (Å²) in [4.78, 5) is 27.9. The number of pyridine rings is 2. The molecule has 0 bridgehead atoms. The van der Waals surface area contributed by atoms with Crippen LogP contribution in [0.25, 0.3) is 11.2 Å². The molecule has 5 rings (SSSR count). The first kappa shape index (κ1) is 22.7. The second-order valence-electron chi connectivity index (χ2n) is 8.82. The number of aliphatic hydroxyl groups excluding tert-OH is 1. The number of nitrogens with one attached hydrogen (secondary N) is 1. The summed E-state index contributed by atoms with van der Waals surface area (Å²) in [5.74, 6) is 1.26. The Hall–Kier alpha value is -3.08. The van der Waals surface area contributed by atoms with E-state index in [-0.39, 0.29) is 11.6 Å². The highest BCUT2D eigenvalue weighted by atomic mass is 16.5. The zero-order valence-corrected chi connectivity index (χ0v) is 19.3. The van der Waals surface area contributed by atoms with Gasteiger partial charge in [-0.15, -0.1) is 0 Å². The fraction of sp³-hybridized carbons (Fsp3) is 0.500. The summed E-state index contributed by atoms with van der Waals surface area (Å²) in [6.45, 7) is 3.83. The lowest BCUT2D eigenvalue weighted by Crippen LogP contribution is -2.53. The molecule has 0 aromatic carbocycles. The minimum Gasteiger partial charge on any atom is -0.492 e. The fourth-order valence-electron chi connectivity index (χ4n) is 4.66. The van der Waals surface area contributed by atoms with Crippen molar-refractivity contribution in [2.75, 3.05) is 33.4 Å². The van der Waals surface area contributed by atoms with Gasteiger partial charge in [-0.2, -0.15) is 4.98 Å². The van der Waals surface area contributed by atoms with Crippen molar-refractivity contribution in [3.8, 4) is 11.6 Å². The first-order chi connectivity index (χ1) is 16.6. The van der Waals surface area contributed by atoms with E-state index in [0.717, 1.165) is 43.9 Å². The Morgan fingerprint density at radius 1 is 1.26 bits per heavy atom. The van der Waals surface area contributed by atoms with E-state index in [4.69, 9.17) is 9.47 Å². The number of nitrogens with zero attached hydrogens (tertiary/aromatic N) is 5. The Labute approximate surface area is 197 Å². The summed E-state index contributed by atoms with van der Waals surface area (Å²) in [5.41, 5.74) is 3.19. The third-order valence-electron chi connectivity index (χ3n) is 6.58. The molecule has 180 valence electrons. The molecule has 1 saturated heterocycles. The van der Waals surface area contributed by atoms with Gasteiger partial charge in [0.15, 0.2) is 5.65 Å². The van der Waals surface area contributed by atoms with E-state index >= 15 is 0 Å². The lowest BCUT2D eigenvalue weighted by Gasteiger charge is -2.36. The predicted molar refractivity (Wildman–Crippen MR) is 126 cm³/mol. The number of aryl methyl sites for hydroxylation is 1. The van der Waals surface area contributed by atoms with Gasteiger partial charge in [0, 0.05) is 38.3 Å². The van der Waals surface area contributed by atoms with Crippen molar-refractivity contribution in [1.29, 1.82) is 0 Å². The van der Waals surface area contributed by atoms with Crippen molar-refractivity contribution in [3.05, 3.63) is 52.2 Å². The minimum absolute atomic E-state index is 0.000683. The molecule has 0 amide bonds. The summed E-state index contributed by atoms with van der Waals surface area (Å²) >= 11 is 0. The number of β-amino-alcohol motifs (C(OH)–C–C–N with tert-alkyl or cyclic N) is 1. The Morgan fingerprint density at radius 3 is 3.03 bits per heavy atom. The molecule has 2 aliphatic rings. The van der Waals surface area contributed by atoms with Crippen LogP contribution >= 0.6 is 0 Å². The molecular weight excluding hydrogens is 436 g/mol. The average molecular weight is 467 g/mol. The molecular formula is C24H30N6O4. The molecule has 3 aromatic rings. The van der Waals surface area contributed by atoms with Gasteiger partial charge in [-0.1, -0.05) is 0 Å². The molecule has 5 heterocycles. The number of ether oxygens (including phenoxy) is 2. The van der Waals surface area contributed by atoms with Crippen molar-refractivity contribution in [2.24, 2.45) is 0 Å². The van der Waals surface area contributed by atoms with Crippen molar-refractivity contribution < 1.29 is 14.6 Å². The van der Waals surface area contributed by atoms with Crippen molar-refractivity contribution in [2.45, 2.75) is 44.5 Å². The van der Waals surface area contributed by atoms with Gasteiger partial charge in [0.05, 0.1) is 37.9 Å². The van der Waals surface area contributed by atoms with Crippen LogP contribution in [0, 0.1) is 0 Å². The van der Waals surface area contributed by atoms with Crippen molar-refractivity contribution in [3.63, 3.8) is 0 Å². The molecule has 0 aliphatic carbocycles. The highest BCUT2D eigenvalue weighted by Crippen LogP contribution is 2.24. The van der Waals surface area contributed by atoms with E-state index in [1.165, 1.54) is 18.7 Å². The fourth-order valence-corrected chi connectivity index (χ4v) is 4.66. The molecule has 2 atom stereocenters. The second kappa shape index (κ2) is 10.0. The first-order valence-corrected chi connectivity index (χ1v) is 11.8. The van der Waals surface area contributed by atoms with Crippen LogP contribution in [-0.4, -0.2) is 75.0 Å².